The third kappa shape index (κ3) is 11.3. The minimum absolute atomic E-state index is 0.292. The maximum absolute atomic E-state index is 11.1. The largest absolute Gasteiger partial charge is 0.533 e. The number of hydrogen-bond acceptors (Lipinski definition) is 4. The molecule has 0 saturated heterocycles. The van der Waals surface area contributed by atoms with Gasteiger partial charge in [-0.2, -0.15) is 0 Å². The third-order valence-corrected chi connectivity index (χ3v) is 2.10. The van der Waals surface area contributed by atoms with Gasteiger partial charge in [-0.3, -0.25) is 0 Å². The van der Waals surface area contributed by atoms with Gasteiger partial charge >= 0.3 is 6.16 Å². The number of rotatable bonds is 6. The van der Waals surface area contributed by atoms with E-state index in [1.165, 1.54) is 0 Å². The monoisotopic (exact) mass is 257 g/mol. The topological polar surface area (TPSA) is 47.6 Å². The lowest BCUT2D eigenvalue weighted by Crippen LogP contribution is -2.18. The van der Waals surface area contributed by atoms with E-state index in [0.29, 0.717) is 23.9 Å². The second-order valence-corrected chi connectivity index (χ2v) is 6.28. The van der Waals surface area contributed by atoms with Crippen LogP contribution in [0.25, 0.3) is 0 Å². The maximum Gasteiger partial charge on any atom is 0.533 e. The van der Waals surface area contributed by atoms with Gasteiger partial charge in [-0.25, -0.2) is 10.3 Å². The number of allylic oxidation sites excluding steroid dienone is 1. The first-order valence-electron chi connectivity index (χ1n) is 6.46. The van der Waals surface area contributed by atoms with Crippen molar-refractivity contribution in [1.82, 2.24) is 5.48 Å². The summed E-state index contributed by atoms with van der Waals surface area (Å²) < 4.78 is 4.83. The van der Waals surface area contributed by atoms with E-state index >= 15 is 0 Å². The highest BCUT2D eigenvalue weighted by molar-refractivity contribution is 5.59. The molecule has 0 aliphatic rings. The molecule has 0 bridgehead atoms. The first kappa shape index (κ1) is 16.8. The molecule has 0 radical (unpaired) electrons. The van der Waals surface area contributed by atoms with Crippen molar-refractivity contribution in [2.75, 3.05) is 6.61 Å². The molecule has 18 heavy (non-hydrogen) atoms. The van der Waals surface area contributed by atoms with Gasteiger partial charge in [0.25, 0.3) is 0 Å². The summed E-state index contributed by atoms with van der Waals surface area (Å²) in [5.41, 5.74) is 2.76. The van der Waals surface area contributed by atoms with Gasteiger partial charge in [0.2, 0.25) is 0 Å². The molecule has 0 aromatic heterocycles. The van der Waals surface area contributed by atoms with E-state index < -0.39 is 6.16 Å². The van der Waals surface area contributed by atoms with Gasteiger partial charge in [0.1, 0.15) is 0 Å². The minimum atomic E-state index is -0.697. The molecule has 0 aromatic rings. The summed E-state index contributed by atoms with van der Waals surface area (Å²) in [4.78, 5) is 15.8. The van der Waals surface area contributed by atoms with Crippen LogP contribution in [0.4, 0.5) is 4.79 Å². The van der Waals surface area contributed by atoms with Crippen molar-refractivity contribution in [1.29, 1.82) is 0 Å². The first-order chi connectivity index (χ1) is 8.20. The number of hydrogen-bond donors (Lipinski definition) is 1. The Kier molecular flexibility index (Phi) is 7.48. The smallest absolute Gasteiger partial charge is 0.432 e. The first-order valence-corrected chi connectivity index (χ1v) is 6.46. The molecule has 0 aliphatic heterocycles. The van der Waals surface area contributed by atoms with Gasteiger partial charge < -0.3 is 9.57 Å². The van der Waals surface area contributed by atoms with Crippen molar-refractivity contribution < 1.29 is 14.4 Å². The van der Waals surface area contributed by atoms with Gasteiger partial charge in [-0.05, 0) is 23.7 Å². The lowest BCUT2D eigenvalue weighted by molar-refractivity contribution is 0.0238. The molecule has 0 aliphatic carbocycles. The zero-order valence-corrected chi connectivity index (χ0v) is 12.4. The highest BCUT2D eigenvalue weighted by Crippen LogP contribution is 2.24. The van der Waals surface area contributed by atoms with Crippen molar-refractivity contribution in [2.24, 2.45) is 17.3 Å². The highest BCUT2D eigenvalue weighted by atomic mass is 16.8. The number of carbonyl (C=O) groups excluding carboxylic acids is 1. The van der Waals surface area contributed by atoms with Crippen molar-refractivity contribution in [3.05, 3.63) is 12.3 Å². The Morgan fingerprint density at radius 2 is 1.89 bits per heavy atom. The van der Waals surface area contributed by atoms with Crippen LogP contribution in [0.1, 0.15) is 48.0 Å². The molecule has 0 rings (SSSR count). The Hall–Kier alpha value is -1.19. The molecule has 1 N–H and O–H groups in total. The van der Waals surface area contributed by atoms with E-state index in [9.17, 15) is 4.79 Å². The molecule has 4 nitrogen and oxygen atoms in total. The molecule has 0 spiro atoms. The summed E-state index contributed by atoms with van der Waals surface area (Å²) in [6.07, 6.45) is 3.98. The molecule has 1 unspecified atom stereocenters. The summed E-state index contributed by atoms with van der Waals surface area (Å²) in [5, 5.41) is 0. The zero-order valence-electron chi connectivity index (χ0n) is 12.4. The normalized spacial score (nSPS) is 13.7. The quantitative estimate of drug-likeness (QED) is 0.579. The van der Waals surface area contributed by atoms with Crippen molar-refractivity contribution >= 4 is 6.16 Å². The number of carbonyl (C=O) groups is 1. The lowest BCUT2D eigenvalue weighted by Gasteiger charge is -2.20. The van der Waals surface area contributed by atoms with Crippen LogP contribution in [-0.2, 0) is 9.57 Å². The van der Waals surface area contributed by atoms with E-state index in [1.807, 2.05) is 19.9 Å². The lowest BCUT2D eigenvalue weighted by atomic mass is 9.85. The summed E-state index contributed by atoms with van der Waals surface area (Å²) in [6.45, 7) is 13.0. The number of ether oxygens (including phenoxy) is 1. The Labute approximate surface area is 111 Å². The molecule has 0 heterocycles. The number of hydroxylamine groups is 1. The Balaban J connectivity index is 3.73. The van der Waals surface area contributed by atoms with Gasteiger partial charge in [-0.1, -0.05) is 47.6 Å². The maximum atomic E-state index is 11.1. The van der Waals surface area contributed by atoms with Crippen LogP contribution in [0, 0.1) is 17.3 Å². The van der Waals surface area contributed by atoms with Gasteiger partial charge in [-0.15, -0.1) is 0 Å². The highest BCUT2D eigenvalue weighted by Gasteiger charge is 2.13. The Bertz CT molecular complexity index is 267. The summed E-state index contributed by atoms with van der Waals surface area (Å²) in [6, 6.07) is 0. The van der Waals surface area contributed by atoms with Crippen LogP contribution in [0.15, 0.2) is 12.3 Å². The third-order valence-electron chi connectivity index (χ3n) is 2.10. The summed E-state index contributed by atoms with van der Waals surface area (Å²) in [7, 11) is 0. The Morgan fingerprint density at radius 3 is 2.39 bits per heavy atom. The second-order valence-electron chi connectivity index (χ2n) is 6.28. The van der Waals surface area contributed by atoms with E-state index in [4.69, 9.17) is 4.74 Å². The van der Waals surface area contributed by atoms with Crippen molar-refractivity contribution in [2.45, 2.75) is 48.0 Å². The van der Waals surface area contributed by atoms with E-state index in [0.717, 1.165) is 6.42 Å². The molecule has 106 valence electrons. The molecule has 1 atom stereocenters. The molecule has 0 saturated carbocycles. The number of nitrogens with one attached hydrogen (secondary N) is 1. The molecule has 0 fully saturated rings. The van der Waals surface area contributed by atoms with Gasteiger partial charge in [0, 0.05) is 6.20 Å². The SMILES string of the molecule is CC(C)COC(=O)ON/C=C\C(C)CC(C)(C)C. The molecular formula is C14H27NO3. The van der Waals surface area contributed by atoms with Crippen molar-refractivity contribution in [3.8, 4) is 0 Å². The Morgan fingerprint density at radius 1 is 1.28 bits per heavy atom. The van der Waals surface area contributed by atoms with Crippen LogP contribution >= 0.6 is 0 Å². The van der Waals surface area contributed by atoms with Gasteiger partial charge in [0.05, 0.1) is 6.61 Å². The zero-order chi connectivity index (χ0) is 14.2. The van der Waals surface area contributed by atoms with Crippen LogP contribution < -0.4 is 5.48 Å². The average Bonchev–Trinajstić information content (AvgIpc) is 2.19. The summed E-state index contributed by atoms with van der Waals surface area (Å²) >= 11 is 0. The average molecular weight is 257 g/mol. The van der Waals surface area contributed by atoms with E-state index in [1.54, 1.807) is 6.20 Å². The fourth-order valence-electron chi connectivity index (χ4n) is 1.58. The fraction of sp³-hybridized carbons (Fsp3) is 0.786. The van der Waals surface area contributed by atoms with Crippen LogP contribution in [0.5, 0.6) is 0 Å². The van der Waals surface area contributed by atoms with Gasteiger partial charge in [0.15, 0.2) is 0 Å². The minimum Gasteiger partial charge on any atom is -0.432 e. The van der Waals surface area contributed by atoms with Crippen LogP contribution in [0.3, 0.4) is 0 Å². The predicted molar refractivity (Wildman–Crippen MR) is 72.8 cm³/mol. The molecule has 4 heteroatoms. The van der Waals surface area contributed by atoms with Crippen LogP contribution in [-0.4, -0.2) is 12.8 Å². The van der Waals surface area contributed by atoms with E-state index in [2.05, 4.69) is 38.0 Å². The summed E-state index contributed by atoms with van der Waals surface area (Å²) in [5.74, 6) is 0.729. The van der Waals surface area contributed by atoms with E-state index in [-0.39, 0.29) is 0 Å². The van der Waals surface area contributed by atoms with Crippen LogP contribution in [0.2, 0.25) is 0 Å². The second kappa shape index (κ2) is 8.01. The standard InChI is InChI=1S/C14H27NO3/c1-11(2)10-17-13(16)18-15-8-7-12(3)9-14(4,5)6/h7-8,11-12,15H,9-10H2,1-6H3/b8-7-. The molecule has 0 amide bonds. The molecule has 0 aromatic carbocycles. The fourth-order valence-corrected chi connectivity index (χ4v) is 1.58. The predicted octanol–water partition coefficient (Wildman–Crippen LogP) is 3.89. The molecular weight excluding hydrogens is 230 g/mol. The van der Waals surface area contributed by atoms with Crippen molar-refractivity contribution in [3.63, 3.8) is 0 Å².